The van der Waals surface area contributed by atoms with Crippen LogP contribution in [0.25, 0.3) is 10.9 Å². The molecule has 0 spiro atoms. The van der Waals surface area contributed by atoms with Crippen molar-refractivity contribution in [3.05, 3.63) is 88.0 Å². The van der Waals surface area contributed by atoms with Crippen LogP contribution < -0.4 is 10.3 Å². The second-order valence-corrected chi connectivity index (χ2v) is 7.86. The zero-order valence-corrected chi connectivity index (χ0v) is 17.8. The molecule has 4 aromatic rings. The van der Waals surface area contributed by atoms with E-state index in [0.717, 1.165) is 0 Å². The molecule has 2 aromatic heterocycles. The number of nitrogens with zero attached hydrogens (tertiary/aromatic N) is 4. The molecule has 1 N–H and O–H groups in total. The predicted molar refractivity (Wildman–Crippen MR) is 118 cm³/mol. The molecule has 7 nitrogen and oxygen atoms in total. The highest BCUT2D eigenvalue weighted by Crippen LogP contribution is 2.23. The van der Waals surface area contributed by atoms with Crippen LogP contribution in [0.4, 0.5) is 4.39 Å². The molecule has 0 unspecified atom stereocenters. The van der Waals surface area contributed by atoms with E-state index in [1.807, 2.05) is 4.57 Å². The summed E-state index contributed by atoms with van der Waals surface area (Å²) in [5.74, 6) is 1.10. The van der Waals surface area contributed by atoms with Crippen LogP contribution in [0, 0.1) is 5.82 Å². The number of benzene rings is 2. The number of thioether (sulfide) groups is 1. The van der Waals surface area contributed by atoms with Gasteiger partial charge in [0.05, 0.1) is 16.7 Å². The topological polar surface area (TPSA) is 85.7 Å². The third kappa shape index (κ3) is 4.78. The number of rotatable bonds is 8. The van der Waals surface area contributed by atoms with Crippen LogP contribution in [0.3, 0.4) is 0 Å². The van der Waals surface area contributed by atoms with Crippen LogP contribution >= 0.6 is 23.4 Å². The monoisotopic (exact) mass is 457 g/mol. The van der Waals surface area contributed by atoms with E-state index in [2.05, 4.69) is 26.7 Å². The van der Waals surface area contributed by atoms with E-state index in [9.17, 15) is 9.18 Å². The highest BCUT2D eigenvalue weighted by atomic mass is 35.5. The van der Waals surface area contributed by atoms with Gasteiger partial charge >= 0.3 is 0 Å². The molecule has 158 valence electrons. The van der Waals surface area contributed by atoms with Crippen molar-refractivity contribution in [2.75, 3.05) is 0 Å². The number of aromatic amines is 1. The number of para-hydroxylation sites is 1. The second kappa shape index (κ2) is 9.32. The number of hydrogen-bond donors (Lipinski definition) is 1. The minimum absolute atomic E-state index is 0.0498. The van der Waals surface area contributed by atoms with Crippen LogP contribution in [0.1, 0.15) is 11.6 Å². The third-order valence-electron chi connectivity index (χ3n) is 4.35. The van der Waals surface area contributed by atoms with Crippen molar-refractivity contribution in [3.8, 4) is 5.75 Å². The molecule has 0 amide bonds. The fraction of sp³-hybridized carbons (Fsp3) is 0.143. The number of hydrogen-bond acceptors (Lipinski definition) is 6. The smallest absolute Gasteiger partial charge is 0.258 e. The number of halogens is 2. The minimum Gasteiger partial charge on any atom is -0.483 e. The van der Waals surface area contributed by atoms with Gasteiger partial charge in [-0.15, -0.1) is 16.8 Å². The fourth-order valence-electron chi connectivity index (χ4n) is 2.91. The summed E-state index contributed by atoms with van der Waals surface area (Å²) in [7, 11) is 0. The molecule has 0 saturated carbocycles. The first-order chi connectivity index (χ1) is 15.0. The normalized spacial score (nSPS) is 11.0. The van der Waals surface area contributed by atoms with E-state index < -0.39 is 5.82 Å². The molecule has 31 heavy (non-hydrogen) atoms. The van der Waals surface area contributed by atoms with Crippen molar-refractivity contribution >= 4 is 34.3 Å². The molecule has 0 bridgehead atoms. The van der Waals surface area contributed by atoms with E-state index in [-0.39, 0.29) is 17.9 Å². The van der Waals surface area contributed by atoms with Gasteiger partial charge in [0.1, 0.15) is 12.4 Å². The summed E-state index contributed by atoms with van der Waals surface area (Å²) >= 11 is 7.31. The molecule has 0 fully saturated rings. The molecular formula is C21H17ClFN5O2S. The maximum absolute atomic E-state index is 13.8. The lowest BCUT2D eigenvalue weighted by Gasteiger charge is -2.09. The standard InChI is InChI=1S/C21H17ClFN5O2S/c1-2-9-28-19(11-30-17-6-4-3-5-15(17)23)26-27-21(28)31-12-18-24-16-8-7-13(22)10-14(16)20(29)25-18/h2-8,10H,1,9,11-12H2,(H,24,25,29). The van der Waals surface area contributed by atoms with Gasteiger partial charge in [0.2, 0.25) is 0 Å². The van der Waals surface area contributed by atoms with Crippen LogP contribution in [0.5, 0.6) is 5.75 Å². The van der Waals surface area contributed by atoms with Crippen molar-refractivity contribution in [1.82, 2.24) is 24.7 Å². The maximum Gasteiger partial charge on any atom is 0.258 e. The van der Waals surface area contributed by atoms with Gasteiger partial charge in [-0.25, -0.2) is 9.37 Å². The zero-order valence-electron chi connectivity index (χ0n) is 16.2. The Balaban J connectivity index is 1.51. The molecule has 0 aliphatic rings. The Morgan fingerprint density at radius 2 is 2.10 bits per heavy atom. The van der Waals surface area contributed by atoms with Crippen LogP contribution in [0.2, 0.25) is 5.02 Å². The zero-order chi connectivity index (χ0) is 21.8. The van der Waals surface area contributed by atoms with E-state index in [1.165, 1.54) is 17.8 Å². The number of allylic oxidation sites excluding steroid dienone is 1. The van der Waals surface area contributed by atoms with E-state index in [0.29, 0.717) is 45.0 Å². The lowest BCUT2D eigenvalue weighted by molar-refractivity contribution is 0.275. The molecule has 2 heterocycles. The first-order valence-electron chi connectivity index (χ1n) is 9.26. The summed E-state index contributed by atoms with van der Waals surface area (Å²) in [5.41, 5.74) is 0.310. The summed E-state index contributed by atoms with van der Waals surface area (Å²) in [6.45, 7) is 4.26. The largest absolute Gasteiger partial charge is 0.483 e. The van der Waals surface area contributed by atoms with Crippen molar-refractivity contribution in [1.29, 1.82) is 0 Å². The Morgan fingerprint density at radius 1 is 1.26 bits per heavy atom. The van der Waals surface area contributed by atoms with E-state index >= 15 is 0 Å². The molecule has 0 aliphatic carbocycles. The number of fused-ring (bicyclic) bond motifs is 1. The van der Waals surface area contributed by atoms with Gasteiger partial charge in [-0.3, -0.25) is 9.36 Å². The third-order valence-corrected chi connectivity index (χ3v) is 5.57. The van der Waals surface area contributed by atoms with E-state index in [1.54, 1.807) is 42.5 Å². The highest BCUT2D eigenvalue weighted by molar-refractivity contribution is 7.98. The number of aromatic nitrogens is 5. The van der Waals surface area contributed by atoms with Crippen molar-refractivity contribution in [3.63, 3.8) is 0 Å². The van der Waals surface area contributed by atoms with Crippen molar-refractivity contribution in [2.45, 2.75) is 24.1 Å². The SMILES string of the molecule is C=CCn1c(COc2ccccc2F)nnc1SCc1nc2ccc(Cl)cc2c(=O)[nH]1. The number of nitrogens with one attached hydrogen (secondary N) is 1. The van der Waals surface area contributed by atoms with Gasteiger partial charge in [-0.1, -0.05) is 41.6 Å². The second-order valence-electron chi connectivity index (χ2n) is 6.48. The summed E-state index contributed by atoms with van der Waals surface area (Å²) in [5, 5.41) is 9.87. The summed E-state index contributed by atoms with van der Waals surface area (Å²) in [6, 6.07) is 11.2. The quantitative estimate of drug-likeness (QED) is 0.312. The lowest BCUT2D eigenvalue weighted by atomic mass is 10.2. The predicted octanol–water partition coefficient (Wildman–Crippen LogP) is 4.36. The van der Waals surface area contributed by atoms with Crippen LogP contribution in [-0.4, -0.2) is 24.7 Å². The molecule has 2 aromatic carbocycles. The Hall–Kier alpha value is -3.17. The molecule has 0 radical (unpaired) electrons. The molecule has 0 saturated heterocycles. The maximum atomic E-state index is 13.8. The Labute approximate surface area is 185 Å². The minimum atomic E-state index is -0.445. The van der Waals surface area contributed by atoms with Crippen LogP contribution in [-0.2, 0) is 18.9 Å². The van der Waals surface area contributed by atoms with Crippen molar-refractivity contribution < 1.29 is 9.13 Å². The molecular weight excluding hydrogens is 441 g/mol. The highest BCUT2D eigenvalue weighted by Gasteiger charge is 2.14. The summed E-state index contributed by atoms with van der Waals surface area (Å²) in [4.78, 5) is 19.6. The average molecular weight is 458 g/mol. The number of ether oxygens (including phenoxy) is 1. The lowest BCUT2D eigenvalue weighted by Crippen LogP contribution is -2.11. The Bertz CT molecular complexity index is 1310. The molecule has 4 rings (SSSR count). The first kappa shape index (κ1) is 21.1. The molecule has 0 atom stereocenters. The van der Waals surface area contributed by atoms with E-state index in [4.69, 9.17) is 16.3 Å². The van der Waals surface area contributed by atoms with Gasteiger partial charge in [0.25, 0.3) is 5.56 Å². The van der Waals surface area contributed by atoms with Gasteiger partial charge in [0.15, 0.2) is 22.5 Å². The van der Waals surface area contributed by atoms with Crippen molar-refractivity contribution in [2.24, 2.45) is 0 Å². The number of H-pyrrole nitrogens is 1. The van der Waals surface area contributed by atoms with Gasteiger partial charge in [-0.05, 0) is 30.3 Å². The van der Waals surface area contributed by atoms with Crippen LogP contribution in [0.15, 0.2) is 65.1 Å². The van der Waals surface area contributed by atoms with Gasteiger partial charge in [-0.2, -0.15) is 0 Å². The average Bonchev–Trinajstić information content (AvgIpc) is 3.14. The molecule has 10 heteroatoms. The summed E-state index contributed by atoms with van der Waals surface area (Å²) in [6.07, 6.45) is 1.71. The molecule has 0 aliphatic heterocycles. The van der Waals surface area contributed by atoms with Gasteiger partial charge < -0.3 is 9.72 Å². The Kier molecular flexibility index (Phi) is 6.34. The summed E-state index contributed by atoms with van der Waals surface area (Å²) < 4.78 is 21.2. The van der Waals surface area contributed by atoms with Gasteiger partial charge in [0, 0.05) is 11.6 Å². The fourth-order valence-corrected chi connectivity index (χ4v) is 3.92. The Morgan fingerprint density at radius 3 is 2.90 bits per heavy atom. The first-order valence-corrected chi connectivity index (χ1v) is 10.6.